The van der Waals surface area contributed by atoms with E-state index < -0.39 is 11.8 Å². The summed E-state index contributed by atoms with van der Waals surface area (Å²) in [6.07, 6.45) is 4.13. The lowest BCUT2D eigenvalue weighted by Crippen LogP contribution is -2.36. The zero-order valence-electron chi connectivity index (χ0n) is 14.9. The number of aryl methyl sites for hydroxylation is 1. The standard InChI is InChI=1S/C21H25N3O2/c25-20(22-14-6-9-17-7-2-1-3-8-17)21(26)23-18-10-12-19(13-11-18)24-15-4-5-16-24/h1-3,7-8,10-13H,4-6,9,14-16H2,(H,22,25)(H,23,26). The summed E-state index contributed by atoms with van der Waals surface area (Å²) in [5, 5.41) is 5.32. The highest BCUT2D eigenvalue weighted by molar-refractivity contribution is 6.39. The van der Waals surface area contributed by atoms with Crippen LogP contribution in [0.1, 0.15) is 24.8 Å². The smallest absolute Gasteiger partial charge is 0.313 e. The molecule has 1 saturated heterocycles. The third-order valence-electron chi connectivity index (χ3n) is 4.57. The van der Waals surface area contributed by atoms with Crippen LogP contribution in [-0.2, 0) is 16.0 Å². The third-order valence-corrected chi connectivity index (χ3v) is 4.57. The lowest BCUT2D eigenvalue weighted by Gasteiger charge is -2.17. The normalized spacial score (nSPS) is 13.5. The van der Waals surface area contributed by atoms with Crippen molar-refractivity contribution in [2.45, 2.75) is 25.7 Å². The summed E-state index contributed by atoms with van der Waals surface area (Å²) in [6, 6.07) is 17.7. The lowest BCUT2D eigenvalue weighted by molar-refractivity contribution is -0.136. The van der Waals surface area contributed by atoms with E-state index >= 15 is 0 Å². The van der Waals surface area contributed by atoms with Gasteiger partial charge in [-0.1, -0.05) is 30.3 Å². The predicted octanol–water partition coefficient (Wildman–Crippen LogP) is 2.97. The molecule has 5 nitrogen and oxygen atoms in total. The summed E-state index contributed by atoms with van der Waals surface area (Å²) in [7, 11) is 0. The molecule has 0 saturated carbocycles. The van der Waals surface area contributed by atoms with E-state index in [0.29, 0.717) is 12.2 Å². The summed E-state index contributed by atoms with van der Waals surface area (Å²) in [6.45, 7) is 2.64. The number of benzene rings is 2. The van der Waals surface area contributed by atoms with Crippen LogP contribution in [-0.4, -0.2) is 31.4 Å². The topological polar surface area (TPSA) is 61.4 Å². The van der Waals surface area contributed by atoms with Gasteiger partial charge in [0.05, 0.1) is 0 Å². The maximum atomic E-state index is 12.0. The van der Waals surface area contributed by atoms with Crippen LogP contribution in [0.4, 0.5) is 11.4 Å². The van der Waals surface area contributed by atoms with Gasteiger partial charge in [0.25, 0.3) is 0 Å². The molecule has 2 aromatic carbocycles. The summed E-state index contributed by atoms with van der Waals surface area (Å²) < 4.78 is 0. The van der Waals surface area contributed by atoms with E-state index in [4.69, 9.17) is 0 Å². The number of amides is 2. The molecule has 0 spiro atoms. The maximum Gasteiger partial charge on any atom is 0.313 e. The van der Waals surface area contributed by atoms with Gasteiger partial charge in [0.15, 0.2) is 0 Å². The molecule has 0 bridgehead atoms. The van der Waals surface area contributed by atoms with Gasteiger partial charge in [0, 0.05) is 31.0 Å². The molecule has 2 amide bonds. The Morgan fingerprint density at radius 2 is 1.58 bits per heavy atom. The highest BCUT2D eigenvalue weighted by Crippen LogP contribution is 2.21. The van der Waals surface area contributed by atoms with E-state index in [1.54, 1.807) is 0 Å². The van der Waals surface area contributed by atoms with Crippen molar-refractivity contribution in [1.29, 1.82) is 0 Å². The second-order valence-electron chi connectivity index (χ2n) is 6.54. The molecule has 0 unspecified atom stereocenters. The quantitative estimate of drug-likeness (QED) is 0.621. The summed E-state index contributed by atoms with van der Waals surface area (Å²) in [5.74, 6) is -1.22. The molecule has 0 atom stereocenters. The fourth-order valence-electron chi connectivity index (χ4n) is 3.14. The Morgan fingerprint density at radius 3 is 2.27 bits per heavy atom. The van der Waals surface area contributed by atoms with Crippen LogP contribution in [0, 0.1) is 0 Å². The number of carbonyl (C=O) groups is 2. The number of carbonyl (C=O) groups excluding carboxylic acids is 2. The minimum absolute atomic E-state index is 0.481. The number of hydrogen-bond acceptors (Lipinski definition) is 3. The average Bonchev–Trinajstić information content (AvgIpc) is 3.21. The fraction of sp³-hybridized carbons (Fsp3) is 0.333. The molecule has 3 rings (SSSR count). The number of hydrogen-bond donors (Lipinski definition) is 2. The average molecular weight is 351 g/mol. The van der Waals surface area contributed by atoms with E-state index in [1.165, 1.54) is 18.4 Å². The minimum atomic E-state index is -0.626. The van der Waals surface area contributed by atoms with Crippen LogP contribution in [0.25, 0.3) is 0 Å². The summed E-state index contributed by atoms with van der Waals surface area (Å²) in [4.78, 5) is 26.2. The Morgan fingerprint density at radius 1 is 0.885 bits per heavy atom. The molecule has 0 radical (unpaired) electrons. The van der Waals surface area contributed by atoms with Crippen molar-refractivity contribution in [3.63, 3.8) is 0 Å². The highest BCUT2D eigenvalue weighted by Gasteiger charge is 2.14. The van der Waals surface area contributed by atoms with Gasteiger partial charge in [-0.3, -0.25) is 9.59 Å². The first-order valence-electron chi connectivity index (χ1n) is 9.20. The fourth-order valence-corrected chi connectivity index (χ4v) is 3.14. The van der Waals surface area contributed by atoms with Gasteiger partial charge < -0.3 is 15.5 Å². The molecular weight excluding hydrogens is 326 g/mol. The molecule has 1 aliphatic heterocycles. The third kappa shape index (κ3) is 5.09. The first-order valence-corrected chi connectivity index (χ1v) is 9.20. The van der Waals surface area contributed by atoms with Crippen molar-refractivity contribution < 1.29 is 9.59 Å². The van der Waals surface area contributed by atoms with Crippen molar-refractivity contribution in [3.8, 4) is 0 Å². The van der Waals surface area contributed by atoms with Gasteiger partial charge in [-0.05, 0) is 55.5 Å². The Balaban J connectivity index is 1.40. The van der Waals surface area contributed by atoms with Crippen LogP contribution in [0.3, 0.4) is 0 Å². The molecule has 2 aromatic rings. The zero-order valence-corrected chi connectivity index (χ0v) is 14.9. The van der Waals surface area contributed by atoms with E-state index in [0.717, 1.165) is 31.6 Å². The van der Waals surface area contributed by atoms with Gasteiger partial charge in [0.1, 0.15) is 0 Å². The van der Waals surface area contributed by atoms with Gasteiger partial charge in [0.2, 0.25) is 0 Å². The van der Waals surface area contributed by atoms with Crippen LogP contribution in [0.15, 0.2) is 54.6 Å². The molecule has 136 valence electrons. The van der Waals surface area contributed by atoms with Crippen LogP contribution < -0.4 is 15.5 Å². The molecule has 0 aliphatic carbocycles. The van der Waals surface area contributed by atoms with Crippen LogP contribution in [0.2, 0.25) is 0 Å². The Hall–Kier alpha value is -2.82. The Kier molecular flexibility index (Phi) is 6.25. The van der Waals surface area contributed by atoms with Gasteiger partial charge >= 0.3 is 11.8 Å². The van der Waals surface area contributed by atoms with Gasteiger partial charge in [-0.25, -0.2) is 0 Å². The lowest BCUT2D eigenvalue weighted by atomic mass is 10.1. The minimum Gasteiger partial charge on any atom is -0.372 e. The molecule has 2 N–H and O–H groups in total. The number of nitrogens with one attached hydrogen (secondary N) is 2. The SMILES string of the molecule is O=C(NCCCc1ccccc1)C(=O)Nc1ccc(N2CCCC2)cc1. The second kappa shape index (κ2) is 9.04. The van der Waals surface area contributed by atoms with E-state index in [9.17, 15) is 9.59 Å². The van der Waals surface area contributed by atoms with Gasteiger partial charge in [-0.15, -0.1) is 0 Å². The second-order valence-corrected chi connectivity index (χ2v) is 6.54. The van der Waals surface area contributed by atoms with Crippen molar-refractivity contribution in [2.24, 2.45) is 0 Å². The highest BCUT2D eigenvalue weighted by atomic mass is 16.2. The molecule has 26 heavy (non-hydrogen) atoms. The van der Waals surface area contributed by atoms with Crippen molar-refractivity contribution in [1.82, 2.24) is 5.32 Å². The monoisotopic (exact) mass is 351 g/mol. The van der Waals surface area contributed by atoms with E-state index in [1.807, 2.05) is 42.5 Å². The summed E-state index contributed by atoms with van der Waals surface area (Å²) in [5.41, 5.74) is 3.02. The van der Waals surface area contributed by atoms with Crippen LogP contribution in [0.5, 0.6) is 0 Å². The van der Waals surface area contributed by atoms with E-state index in [-0.39, 0.29) is 0 Å². The molecule has 5 heteroatoms. The molecular formula is C21H25N3O2. The van der Waals surface area contributed by atoms with Gasteiger partial charge in [-0.2, -0.15) is 0 Å². The van der Waals surface area contributed by atoms with Crippen LogP contribution >= 0.6 is 0 Å². The number of rotatable bonds is 6. The first-order chi connectivity index (χ1) is 12.7. The maximum absolute atomic E-state index is 12.0. The summed E-state index contributed by atoms with van der Waals surface area (Å²) >= 11 is 0. The largest absolute Gasteiger partial charge is 0.372 e. The predicted molar refractivity (Wildman–Crippen MR) is 104 cm³/mol. The molecule has 1 heterocycles. The zero-order chi connectivity index (χ0) is 18.2. The first kappa shape index (κ1) is 18.0. The number of nitrogens with zero attached hydrogens (tertiary/aromatic N) is 1. The molecule has 1 aliphatic rings. The van der Waals surface area contributed by atoms with Crippen molar-refractivity contribution in [3.05, 3.63) is 60.2 Å². The number of anilines is 2. The Labute approximate surface area is 154 Å². The Bertz CT molecular complexity index is 723. The van der Waals surface area contributed by atoms with E-state index in [2.05, 4.69) is 27.7 Å². The van der Waals surface area contributed by atoms with Crippen molar-refractivity contribution in [2.75, 3.05) is 29.9 Å². The van der Waals surface area contributed by atoms with Crippen molar-refractivity contribution >= 4 is 23.2 Å². The molecule has 1 fully saturated rings. The molecule has 0 aromatic heterocycles.